The van der Waals surface area contributed by atoms with E-state index in [1.807, 2.05) is 36.4 Å². The number of carbonyl (C=O) groups excluding carboxylic acids is 4. The average molecular weight is 513 g/mol. The normalized spacial score (nSPS) is 12.5. The molecule has 0 aromatic heterocycles. The molecule has 0 bridgehead atoms. The van der Waals surface area contributed by atoms with Crippen molar-refractivity contribution in [2.24, 2.45) is 0 Å². The predicted molar refractivity (Wildman–Crippen MR) is 137 cm³/mol. The molecular weight excluding hydrogens is 476 g/mol. The van der Waals surface area contributed by atoms with Gasteiger partial charge in [-0.15, -0.1) is 0 Å². The molecule has 2 aromatic carbocycles. The fourth-order valence-corrected chi connectivity index (χ4v) is 3.39. The van der Waals surface area contributed by atoms with Crippen LogP contribution in [0.5, 0.6) is 0 Å². The summed E-state index contributed by atoms with van der Waals surface area (Å²) in [6.07, 6.45) is -0.553. The summed E-state index contributed by atoms with van der Waals surface area (Å²) < 4.78 is 15.7. The molecular formula is C28H36N2O7. The molecule has 2 rings (SSSR count). The molecule has 9 heteroatoms. The number of hydrogen-bond donors (Lipinski definition) is 2. The molecule has 9 nitrogen and oxygen atoms in total. The second kappa shape index (κ2) is 14.6. The smallest absolute Gasteiger partial charge is 0.408 e. The number of aryl methyl sites for hydroxylation is 1. The first kappa shape index (κ1) is 29.4. The van der Waals surface area contributed by atoms with Crippen LogP contribution in [0.3, 0.4) is 0 Å². The Hall–Kier alpha value is -3.88. The first-order chi connectivity index (χ1) is 17.6. The highest BCUT2D eigenvalue weighted by Crippen LogP contribution is 2.11. The summed E-state index contributed by atoms with van der Waals surface area (Å²) in [5.41, 5.74) is 0.961. The molecule has 2 atom stereocenters. The van der Waals surface area contributed by atoms with Crippen LogP contribution in [0.4, 0.5) is 4.79 Å². The zero-order chi connectivity index (χ0) is 27.3. The molecule has 0 saturated heterocycles. The topological polar surface area (TPSA) is 120 Å². The summed E-state index contributed by atoms with van der Waals surface area (Å²) >= 11 is 0. The van der Waals surface area contributed by atoms with Crippen LogP contribution < -0.4 is 10.6 Å². The van der Waals surface area contributed by atoms with Crippen LogP contribution in [0.25, 0.3) is 0 Å². The SMILES string of the molecule is CCOC(=O)[C@H](CCc1ccccc1)NC(=O)[C@H](CC(=O)OC(C)(C)C)NC(=O)OCc1ccccc1. The largest absolute Gasteiger partial charge is 0.464 e. The summed E-state index contributed by atoms with van der Waals surface area (Å²) in [5.74, 6) is -2.02. The van der Waals surface area contributed by atoms with Gasteiger partial charge in [-0.3, -0.25) is 9.59 Å². The maximum atomic E-state index is 13.2. The third-order valence-electron chi connectivity index (χ3n) is 5.06. The fourth-order valence-electron chi connectivity index (χ4n) is 3.39. The lowest BCUT2D eigenvalue weighted by Gasteiger charge is -2.24. The van der Waals surface area contributed by atoms with Crippen LogP contribution in [0, 0.1) is 0 Å². The van der Waals surface area contributed by atoms with E-state index < -0.39 is 48.0 Å². The monoisotopic (exact) mass is 512 g/mol. The Kier molecular flexibility index (Phi) is 11.6. The molecule has 0 aliphatic carbocycles. The molecule has 0 radical (unpaired) electrons. The second-order valence-corrected chi connectivity index (χ2v) is 9.39. The van der Waals surface area contributed by atoms with Crippen molar-refractivity contribution < 1.29 is 33.4 Å². The van der Waals surface area contributed by atoms with Gasteiger partial charge in [0.1, 0.15) is 24.3 Å². The second-order valence-electron chi connectivity index (χ2n) is 9.39. The van der Waals surface area contributed by atoms with Crippen LogP contribution >= 0.6 is 0 Å². The number of hydrogen-bond acceptors (Lipinski definition) is 7. The van der Waals surface area contributed by atoms with Gasteiger partial charge in [-0.1, -0.05) is 60.7 Å². The van der Waals surface area contributed by atoms with Gasteiger partial charge in [-0.25, -0.2) is 9.59 Å². The molecule has 0 fully saturated rings. The highest BCUT2D eigenvalue weighted by Gasteiger charge is 2.31. The number of amides is 2. The van der Waals surface area contributed by atoms with Gasteiger partial charge in [0.25, 0.3) is 0 Å². The molecule has 0 heterocycles. The minimum Gasteiger partial charge on any atom is -0.464 e. The average Bonchev–Trinajstić information content (AvgIpc) is 2.85. The molecule has 0 spiro atoms. The Morgan fingerprint density at radius 1 is 0.811 bits per heavy atom. The Balaban J connectivity index is 2.11. The van der Waals surface area contributed by atoms with Crippen molar-refractivity contribution in [1.82, 2.24) is 10.6 Å². The van der Waals surface area contributed by atoms with E-state index in [0.717, 1.165) is 11.1 Å². The Morgan fingerprint density at radius 3 is 1.97 bits per heavy atom. The van der Waals surface area contributed by atoms with Crippen molar-refractivity contribution in [2.75, 3.05) is 6.61 Å². The van der Waals surface area contributed by atoms with Crippen molar-refractivity contribution in [1.29, 1.82) is 0 Å². The number of benzene rings is 2. The zero-order valence-electron chi connectivity index (χ0n) is 21.8. The Labute approximate surface area is 217 Å². The highest BCUT2D eigenvalue weighted by atomic mass is 16.6. The highest BCUT2D eigenvalue weighted by molar-refractivity contribution is 5.92. The van der Waals surface area contributed by atoms with Crippen LogP contribution in [0.2, 0.25) is 0 Å². The number of esters is 2. The molecule has 200 valence electrons. The van der Waals surface area contributed by atoms with Crippen molar-refractivity contribution in [2.45, 2.75) is 71.2 Å². The van der Waals surface area contributed by atoms with Gasteiger partial charge in [-0.2, -0.15) is 0 Å². The van der Waals surface area contributed by atoms with Gasteiger partial charge >= 0.3 is 18.0 Å². The van der Waals surface area contributed by atoms with E-state index >= 15 is 0 Å². The molecule has 0 unspecified atom stereocenters. The number of nitrogens with one attached hydrogen (secondary N) is 2. The maximum absolute atomic E-state index is 13.2. The van der Waals surface area contributed by atoms with Crippen molar-refractivity contribution in [3.63, 3.8) is 0 Å². The van der Waals surface area contributed by atoms with Crippen molar-refractivity contribution in [3.05, 3.63) is 71.8 Å². The van der Waals surface area contributed by atoms with Crippen LogP contribution in [-0.4, -0.2) is 48.2 Å². The van der Waals surface area contributed by atoms with Gasteiger partial charge < -0.3 is 24.8 Å². The molecule has 2 aromatic rings. The fraction of sp³-hybridized carbons (Fsp3) is 0.429. The predicted octanol–water partition coefficient (Wildman–Crippen LogP) is 3.69. The minimum atomic E-state index is -1.33. The number of ether oxygens (including phenoxy) is 3. The lowest BCUT2D eigenvalue weighted by Crippen LogP contribution is -2.53. The van der Waals surface area contributed by atoms with E-state index in [4.69, 9.17) is 14.2 Å². The summed E-state index contributed by atoms with van der Waals surface area (Å²) in [6.45, 7) is 6.88. The summed E-state index contributed by atoms with van der Waals surface area (Å²) in [5, 5.41) is 5.06. The number of rotatable bonds is 12. The molecule has 0 saturated carbocycles. The van der Waals surface area contributed by atoms with E-state index in [-0.39, 0.29) is 19.6 Å². The zero-order valence-corrected chi connectivity index (χ0v) is 21.8. The van der Waals surface area contributed by atoms with Gasteiger partial charge in [-0.05, 0) is 51.7 Å². The van der Waals surface area contributed by atoms with E-state index in [2.05, 4.69) is 10.6 Å². The standard InChI is InChI=1S/C28H36N2O7/c1-5-35-26(33)22(17-16-20-12-8-6-9-13-20)29-25(32)23(18-24(31)37-28(2,3)4)30-27(34)36-19-21-14-10-7-11-15-21/h6-15,22-23H,5,16-19H2,1-4H3,(H,29,32)(H,30,34)/t22-,23-/m0/s1. The third kappa shape index (κ3) is 11.6. The van der Waals surface area contributed by atoms with E-state index in [0.29, 0.717) is 6.42 Å². The van der Waals surface area contributed by atoms with Gasteiger partial charge in [0.2, 0.25) is 5.91 Å². The molecule has 37 heavy (non-hydrogen) atoms. The lowest BCUT2D eigenvalue weighted by atomic mass is 10.0. The van der Waals surface area contributed by atoms with Gasteiger partial charge in [0.15, 0.2) is 0 Å². The van der Waals surface area contributed by atoms with Crippen molar-refractivity contribution in [3.8, 4) is 0 Å². The first-order valence-electron chi connectivity index (χ1n) is 12.3. The summed E-state index contributed by atoms with van der Waals surface area (Å²) in [6, 6.07) is 16.2. The summed E-state index contributed by atoms with van der Waals surface area (Å²) in [7, 11) is 0. The Morgan fingerprint density at radius 2 is 1.41 bits per heavy atom. The molecule has 2 N–H and O–H groups in total. The van der Waals surface area contributed by atoms with E-state index in [1.165, 1.54) is 0 Å². The van der Waals surface area contributed by atoms with E-state index in [9.17, 15) is 19.2 Å². The van der Waals surface area contributed by atoms with Crippen LogP contribution in [-0.2, 0) is 41.6 Å². The Bertz CT molecular complexity index is 1020. The minimum absolute atomic E-state index is 0.0179. The van der Waals surface area contributed by atoms with Gasteiger partial charge in [0.05, 0.1) is 13.0 Å². The summed E-state index contributed by atoms with van der Waals surface area (Å²) in [4.78, 5) is 50.7. The lowest BCUT2D eigenvalue weighted by molar-refractivity contribution is -0.156. The van der Waals surface area contributed by atoms with E-state index in [1.54, 1.807) is 52.0 Å². The molecule has 2 amide bonds. The molecule has 0 aliphatic heterocycles. The molecule has 0 aliphatic rings. The maximum Gasteiger partial charge on any atom is 0.408 e. The quantitative estimate of drug-likeness (QED) is 0.329. The third-order valence-corrected chi connectivity index (χ3v) is 5.06. The number of carbonyl (C=O) groups is 4. The van der Waals surface area contributed by atoms with Crippen molar-refractivity contribution >= 4 is 23.9 Å². The van der Waals surface area contributed by atoms with Gasteiger partial charge in [0, 0.05) is 0 Å². The van der Waals surface area contributed by atoms with Crippen LogP contribution in [0.1, 0.15) is 51.7 Å². The van der Waals surface area contributed by atoms with Crippen LogP contribution in [0.15, 0.2) is 60.7 Å². The number of alkyl carbamates (subject to hydrolysis) is 1. The first-order valence-corrected chi connectivity index (χ1v) is 12.3.